The Hall–Kier alpha value is -1.12. The number of aliphatic carboxylic acids is 1. The van der Waals surface area contributed by atoms with E-state index in [2.05, 4.69) is 6.07 Å². The van der Waals surface area contributed by atoms with Crippen LogP contribution in [0.25, 0.3) is 0 Å². The average molecular weight is 254 g/mol. The zero-order valence-corrected chi connectivity index (χ0v) is 11.1. The molecule has 5 heteroatoms. The molecule has 1 heterocycles. The first-order valence-electron chi connectivity index (χ1n) is 6.42. The van der Waals surface area contributed by atoms with E-state index >= 15 is 0 Å². The second-order valence-corrected chi connectivity index (χ2v) is 5.69. The normalized spacial score (nSPS) is 25.0. The Kier molecular flexibility index (Phi) is 5.12. The third-order valence-electron chi connectivity index (χ3n) is 3.47. The van der Waals surface area contributed by atoms with Gasteiger partial charge in [0, 0.05) is 13.0 Å². The van der Waals surface area contributed by atoms with Crippen molar-refractivity contribution in [1.82, 2.24) is 4.90 Å². The first-order valence-corrected chi connectivity index (χ1v) is 6.42. The number of carbonyl (C=O) groups is 1. The second kappa shape index (κ2) is 6.17. The van der Waals surface area contributed by atoms with Crippen LogP contribution in [0.2, 0.25) is 0 Å². The van der Waals surface area contributed by atoms with Crippen LogP contribution in [0.15, 0.2) is 0 Å². The first-order chi connectivity index (χ1) is 8.35. The highest BCUT2D eigenvalue weighted by molar-refractivity contribution is 5.74. The maximum atomic E-state index is 11.0. The largest absolute Gasteiger partial charge is 0.480 e. The van der Waals surface area contributed by atoms with E-state index in [1.54, 1.807) is 0 Å². The van der Waals surface area contributed by atoms with Crippen LogP contribution in [0, 0.1) is 16.7 Å². The van der Waals surface area contributed by atoms with Crippen LogP contribution in [0.5, 0.6) is 0 Å². The summed E-state index contributed by atoms with van der Waals surface area (Å²) in [6, 6.07) is 1.70. The van der Waals surface area contributed by atoms with Gasteiger partial charge in [0.1, 0.15) is 6.04 Å². The number of aliphatic hydroxyl groups is 1. The minimum atomic E-state index is -0.857. The van der Waals surface area contributed by atoms with Gasteiger partial charge in [0.15, 0.2) is 0 Å². The van der Waals surface area contributed by atoms with E-state index in [9.17, 15) is 9.90 Å². The number of nitrogens with zero attached hydrogens (tertiary/aromatic N) is 2. The van der Waals surface area contributed by atoms with Crippen LogP contribution in [-0.2, 0) is 4.79 Å². The third-order valence-corrected chi connectivity index (χ3v) is 3.47. The van der Waals surface area contributed by atoms with Crippen LogP contribution in [0.4, 0.5) is 0 Å². The lowest BCUT2D eigenvalue weighted by atomic mass is 9.89. The maximum absolute atomic E-state index is 11.0. The molecule has 5 nitrogen and oxygen atoms in total. The molecule has 0 aromatic rings. The lowest BCUT2D eigenvalue weighted by Crippen LogP contribution is -2.36. The standard InChI is InChI=1S/C13H22N2O3/c1-13(2,9-14)5-3-4-6-15-8-10(16)7-11(15)12(17)18/h10-11,16H,3-8H2,1-2H3,(H,17,18). The summed E-state index contributed by atoms with van der Waals surface area (Å²) in [4.78, 5) is 12.8. The Labute approximate surface area is 108 Å². The van der Waals surface area contributed by atoms with Gasteiger partial charge >= 0.3 is 5.97 Å². The fourth-order valence-electron chi connectivity index (χ4n) is 2.32. The molecule has 0 aromatic carbocycles. The molecule has 1 rings (SSSR count). The summed E-state index contributed by atoms with van der Waals surface area (Å²) in [5.74, 6) is -0.857. The zero-order chi connectivity index (χ0) is 13.8. The van der Waals surface area contributed by atoms with Crippen molar-refractivity contribution in [1.29, 1.82) is 5.26 Å². The van der Waals surface area contributed by atoms with E-state index in [1.807, 2.05) is 18.7 Å². The SMILES string of the molecule is CC(C)(C#N)CCCCN1CC(O)CC1C(=O)O. The number of carboxylic acid groups (broad SMARTS) is 1. The zero-order valence-electron chi connectivity index (χ0n) is 11.1. The molecule has 0 aliphatic carbocycles. The van der Waals surface area contributed by atoms with E-state index in [-0.39, 0.29) is 5.41 Å². The van der Waals surface area contributed by atoms with Crippen molar-refractivity contribution in [3.63, 3.8) is 0 Å². The van der Waals surface area contributed by atoms with Crippen LogP contribution >= 0.6 is 0 Å². The van der Waals surface area contributed by atoms with Crippen molar-refractivity contribution in [3.05, 3.63) is 0 Å². The van der Waals surface area contributed by atoms with Gasteiger partial charge in [0.25, 0.3) is 0 Å². The van der Waals surface area contributed by atoms with Crippen molar-refractivity contribution in [2.75, 3.05) is 13.1 Å². The molecule has 1 saturated heterocycles. The van der Waals surface area contributed by atoms with E-state index in [0.29, 0.717) is 19.5 Å². The minimum absolute atomic E-state index is 0.309. The van der Waals surface area contributed by atoms with Crippen molar-refractivity contribution in [2.45, 2.75) is 51.7 Å². The summed E-state index contributed by atoms with van der Waals surface area (Å²) in [7, 11) is 0. The molecule has 2 atom stereocenters. The van der Waals surface area contributed by atoms with E-state index in [4.69, 9.17) is 10.4 Å². The second-order valence-electron chi connectivity index (χ2n) is 5.69. The predicted octanol–water partition coefficient (Wildman–Crippen LogP) is 1.23. The number of likely N-dealkylation sites (tertiary alicyclic amines) is 1. The fourth-order valence-corrected chi connectivity index (χ4v) is 2.32. The minimum Gasteiger partial charge on any atom is -0.480 e. The number of unbranched alkanes of at least 4 members (excludes halogenated alkanes) is 1. The maximum Gasteiger partial charge on any atom is 0.321 e. The quantitative estimate of drug-likeness (QED) is 0.696. The number of aliphatic hydroxyl groups excluding tert-OH is 1. The molecule has 0 aromatic heterocycles. The summed E-state index contributed by atoms with van der Waals surface area (Å²) >= 11 is 0. The Morgan fingerprint density at radius 1 is 1.50 bits per heavy atom. The number of hydrogen-bond acceptors (Lipinski definition) is 4. The molecule has 2 N–H and O–H groups in total. The van der Waals surface area contributed by atoms with Crippen LogP contribution < -0.4 is 0 Å². The highest BCUT2D eigenvalue weighted by Gasteiger charge is 2.35. The predicted molar refractivity (Wildman–Crippen MR) is 66.9 cm³/mol. The Bertz CT molecular complexity index is 336. The molecular formula is C13H22N2O3. The molecule has 1 aliphatic heterocycles. The number of hydrogen-bond donors (Lipinski definition) is 2. The monoisotopic (exact) mass is 254 g/mol. The molecule has 1 aliphatic rings. The molecule has 0 bridgehead atoms. The van der Waals surface area contributed by atoms with E-state index in [1.165, 1.54) is 0 Å². The number of carboxylic acids is 1. The molecule has 2 unspecified atom stereocenters. The van der Waals surface area contributed by atoms with Crippen LogP contribution in [0.1, 0.15) is 39.5 Å². The van der Waals surface area contributed by atoms with E-state index < -0.39 is 18.1 Å². The Balaban J connectivity index is 2.31. The summed E-state index contributed by atoms with van der Waals surface area (Å²) in [5.41, 5.74) is -0.309. The van der Waals surface area contributed by atoms with Gasteiger partial charge in [0.05, 0.1) is 17.6 Å². The molecule has 0 spiro atoms. The lowest BCUT2D eigenvalue weighted by Gasteiger charge is -2.21. The highest BCUT2D eigenvalue weighted by atomic mass is 16.4. The van der Waals surface area contributed by atoms with Crippen molar-refractivity contribution in [3.8, 4) is 6.07 Å². The average Bonchev–Trinajstić information content (AvgIpc) is 2.66. The molecule has 0 radical (unpaired) electrons. The number of rotatable bonds is 6. The fraction of sp³-hybridized carbons (Fsp3) is 0.846. The number of nitriles is 1. The topological polar surface area (TPSA) is 84.6 Å². The molecule has 102 valence electrons. The van der Waals surface area contributed by atoms with Gasteiger partial charge in [-0.1, -0.05) is 6.42 Å². The van der Waals surface area contributed by atoms with Crippen LogP contribution in [0.3, 0.4) is 0 Å². The molecule has 0 amide bonds. The van der Waals surface area contributed by atoms with E-state index in [0.717, 1.165) is 19.3 Å². The van der Waals surface area contributed by atoms with Gasteiger partial charge in [-0.25, -0.2) is 0 Å². The first kappa shape index (κ1) is 14.9. The summed E-state index contributed by atoms with van der Waals surface area (Å²) < 4.78 is 0. The number of β-amino-alcohol motifs (C(OH)–C–C–N with tert-alkyl or cyclic N) is 1. The third kappa shape index (κ3) is 4.28. The van der Waals surface area contributed by atoms with Gasteiger partial charge in [-0.05, 0) is 33.2 Å². The molecule has 1 fully saturated rings. The van der Waals surface area contributed by atoms with Gasteiger partial charge in [0.2, 0.25) is 0 Å². The lowest BCUT2D eigenvalue weighted by molar-refractivity contribution is -0.142. The summed E-state index contributed by atoms with van der Waals surface area (Å²) in [6.45, 7) is 4.94. The molecule has 18 heavy (non-hydrogen) atoms. The Morgan fingerprint density at radius 2 is 2.17 bits per heavy atom. The van der Waals surface area contributed by atoms with Gasteiger partial charge < -0.3 is 10.2 Å². The van der Waals surface area contributed by atoms with Crippen LogP contribution in [-0.4, -0.2) is 46.3 Å². The van der Waals surface area contributed by atoms with Crippen molar-refractivity contribution >= 4 is 5.97 Å². The van der Waals surface area contributed by atoms with Gasteiger partial charge in [-0.3, -0.25) is 9.69 Å². The summed E-state index contributed by atoms with van der Waals surface area (Å²) in [5, 5.41) is 27.4. The van der Waals surface area contributed by atoms with Crippen molar-refractivity contribution < 1.29 is 15.0 Å². The van der Waals surface area contributed by atoms with Gasteiger partial charge in [-0.2, -0.15) is 5.26 Å². The highest BCUT2D eigenvalue weighted by Crippen LogP contribution is 2.23. The van der Waals surface area contributed by atoms with Crippen molar-refractivity contribution in [2.24, 2.45) is 5.41 Å². The molecule has 0 saturated carbocycles. The molecular weight excluding hydrogens is 232 g/mol. The summed E-state index contributed by atoms with van der Waals surface area (Å²) in [6.07, 6.45) is 2.37. The Morgan fingerprint density at radius 3 is 2.72 bits per heavy atom. The van der Waals surface area contributed by atoms with Gasteiger partial charge in [-0.15, -0.1) is 0 Å². The smallest absolute Gasteiger partial charge is 0.321 e.